The van der Waals surface area contributed by atoms with Crippen LogP contribution in [0.15, 0.2) is 18.6 Å². The Labute approximate surface area is 148 Å². The van der Waals surface area contributed by atoms with Crippen molar-refractivity contribution in [1.82, 2.24) is 14.9 Å². The number of carbonyl (C=O) groups is 2. The molecule has 2 fully saturated rings. The van der Waals surface area contributed by atoms with Gasteiger partial charge in [0, 0.05) is 50.9 Å². The summed E-state index contributed by atoms with van der Waals surface area (Å²) in [6.45, 7) is 3.18. The van der Waals surface area contributed by atoms with Crippen LogP contribution >= 0.6 is 0 Å². The number of rotatable bonds is 5. The average Bonchev–Trinajstić information content (AvgIpc) is 2.67. The van der Waals surface area contributed by atoms with E-state index in [1.54, 1.807) is 18.6 Å². The fraction of sp³-hybridized carbons (Fsp3) is 0.667. The summed E-state index contributed by atoms with van der Waals surface area (Å²) in [5.41, 5.74) is 0. The number of nitrogens with zero attached hydrogens (tertiary/aromatic N) is 4. The fourth-order valence-corrected chi connectivity index (χ4v) is 3.90. The Morgan fingerprint density at radius 2 is 1.96 bits per heavy atom. The molecule has 2 aliphatic rings. The van der Waals surface area contributed by atoms with E-state index in [0.29, 0.717) is 12.3 Å². The first-order chi connectivity index (χ1) is 12.1. The minimum absolute atomic E-state index is 0.0751. The number of carboxylic acids is 1. The van der Waals surface area contributed by atoms with Gasteiger partial charge >= 0.3 is 5.97 Å². The first kappa shape index (κ1) is 17.6. The molecule has 1 atom stereocenters. The lowest BCUT2D eigenvalue weighted by Gasteiger charge is -2.38. The van der Waals surface area contributed by atoms with Crippen LogP contribution < -0.4 is 4.90 Å². The van der Waals surface area contributed by atoms with Crippen molar-refractivity contribution in [3.63, 3.8) is 0 Å². The van der Waals surface area contributed by atoms with E-state index in [1.165, 1.54) is 0 Å². The zero-order chi connectivity index (χ0) is 17.6. The second-order valence-corrected chi connectivity index (χ2v) is 7.05. The SMILES string of the molecule is O=C(O)CC[C@H]1CCCN(C(=O)C2CCN(c3cnccn3)CC2)C1. The molecule has 0 bridgehead atoms. The summed E-state index contributed by atoms with van der Waals surface area (Å²) >= 11 is 0. The molecule has 2 saturated heterocycles. The molecule has 25 heavy (non-hydrogen) atoms. The maximum atomic E-state index is 12.8. The predicted molar refractivity (Wildman–Crippen MR) is 93.1 cm³/mol. The molecule has 0 radical (unpaired) electrons. The van der Waals surface area contributed by atoms with Crippen molar-refractivity contribution in [3.05, 3.63) is 18.6 Å². The summed E-state index contributed by atoms with van der Waals surface area (Å²) in [4.78, 5) is 36.2. The van der Waals surface area contributed by atoms with Gasteiger partial charge in [-0.15, -0.1) is 0 Å². The maximum absolute atomic E-state index is 12.8. The molecule has 0 unspecified atom stereocenters. The summed E-state index contributed by atoms with van der Waals surface area (Å²) in [6, 6.07) is 0. The van der Waals surface area contributed by atoms with Gasteiger partial charge in [-0.2, -0.15) is 0 Å². The first-order valence-electron chi connectivity index (χ1n) is 9.15. The van der Waals surface area contributed by atoms with Crippen LogP contribution in [0.2, 0.25) is 0 Å². The van der Waals surface area contributed by atoms with Crippen LogP contribution in [0.1, 0.15) is 38.5 Å². The lowest BCUT2D eigenvalue weighted by Crippen LogP contribution is -2.46. The second kappa shape index (κ2) is 8.27. The largest absolute Gasteiger partial charge is 0.481 e. The van der Waals surface area contributed by atoms with Gasteiger partial charge in [-0.1, -0.05) is 0 Å². The number of hydrogen-bond donors (Lipinski definition) is 1. The Hall–Kier alpha value is -2.18. The van der Waals surface area contributed by atoms with Crippen LogP contribution in [0.4, 0.5) is 5.82 Å². The van der Waals surface area contributed by atoms with Gasteiger partial charge in [0.25, 0.3) is 0 Å². The highest BCUT2D eigenvalue weighted by atomic mass is 16.4. The average molecular weight is 346 g/mol. The lowest BCUT2D eigenvalue weighted by molar-refractivity contribution is -0.138. The third-order valence-corrected chi connectivity index (χ3v) is 5.31. The number of piperidine rings is 2. The van der Waals surface area contributed by atoms with Gasteiger partial charge < -0.3 is 14.9 Å². The van der Waals surface area contributed by atoms with Crippen LogP contribution in [0.25, 0.3) is 0 Å². The molecule has 0 spiro atoms. The fourth-order valence-electron chi connectivity index (χ4n) is 3.90. The van der Waals surface area contributed by atoms with Gasteiger partial charge in [0.15, 0.2) is 0 Å². The summed E-state index contributed by atoms with van der Waals surface area (Å²) in [7, 11) is 0. The zero-order valence-electron chi connectivity index (χ0n) is 14.5. The molecule has 7 nitrogen and oxygen atoms in total. The molecular formula is C18H26N4O3. The van der Waals surface area contributed by atoms with E-state index in [2.05, 4.69) is 14.9 Å². The van der Waals surface area contributed by atoms with E-state index in [4.69, 9.17) is 5.11 Å². The van der Waals surface area contributed by atoms with Gasteiger partial charge in [0.05, 0.1) is 6.20 Å². The number of anilines is 1. The maximum Gasteiger partial charge on any atom is 0.303 e. The van der Waals surface area contributed by atoms with Crippen molar-refractivity contribution in [3.8, 4) is 0 Å². The molecule has 1 N–H and O–H groups in total. The predicted octanol–water partition coefficient (Wildman–Crippen LogP) is 1.80. The number of aliphatic carboxylic acids is 1. The Morgan fingerprint density at radius 3 is 2.64 bits per heavy atom. The molecule has 0 aliphatic carbocycles. The highest BCUT2D eigenvalue weighted by Gasteiger charge is 2.31. The van der Waals surface area contributed by atoms with Crippen molar-refractivity contribution in [2.75, 3.05) is 31.1 Å². The van der Waals surface area contributed by atoms with Crippen molar-refractivity contribution < 1.29 is 14.7 Å². The Kier molecular flexibility index (Phi) is 5.83. The molecular weight excluding hydrogens is 320 g/mol. The summed E-state index contributed by atoms with van der Waals surface area (Å²) < 4.78 is 0. The summed E-state index contributed by atoms with van der Waals surface area (Å²) in [5, 5.41) is 8.85. The van der Waals surface area contributed by atoms with Crippen LogP contribution in [0.5, 0.6) is 0 Å². The van der Waals surface area contributed by atoms with Crippen LogP contribution in [0.3, 0.4) is 0 Å². The number of likely N-dealkylation sites (tertiary alicyclic amines) is 1. The Bertz CT molecular complexity index is 587. The van der Waals surface area contributed by atoms with Crippen molar-refractivity contribution >= 4 is 17.7 Å². The Balaban J connectivity index is 1.49. The number of aromatic nitrogens is 2. The standard InChI is InChI=1S/C18H26N4O3/c23-17(24)4-3-14-2-1-9-22(13-14)18(25)15-5-10-21(11-6-15)16-12-19-7-8-20-16/h7-8,12,14-15H,1-6,9-11,13H2,(H,23,24)/t14-/m1/s1. The normalized spacial score (nSPS) is 22.0. The van der Waals surface area contributed by atoms with Gasteiger partial charge in [-0.3, -0.25) is 14.6 Å². The minimum atomic E-state index is -0.750. The second-order valence-electron chi connectivity index (χ2n) is 7.05. The van der Waals surface area contributed by atoms with E-state index < -0.39 is 5.97 Å². The first-order valence-corrected chi connectivity index (χ1v) is 9.15. The molecule has 3 rings (SSSR count). The van der Waals surface area contributed by atoms with Crippen molar-refractivity contribution in [2.24, 2.45) is 11.8 Å². The quantitative estimate of drug-likeness (QED) is 0.875. The van der Waals surface area contributed by atoms with E-state index in [9.17, 15) is 9.59 Å². The molecule has 1 aromatic rings. The smallest absolute Gasteiger partial charge is 0.303 e. The minimum Gasteiger partial charge on any atom is -0.481 e. The highest BCUT2D eigenvalue weighted by molar-refractivity contribution is 5.79. The molecule has 1 amide bonds. The van der Waals surface area contributed by atoms with Crippen LogP contribution in [-0.2, 0) is 9.59 Å². The van der Waals surface area contributed by atoms with Crippen LogP contribution in [0, 0.1) is 11.8 Å². The number of carbonyl (C=O) groups excluding carboxylic acids is 1. The topological polar surface area (TPSA) is 86.6 Å². The van der Waals surface area contributed by atoms with Gasteiger partial charge in [0.1, 0.15) is 5.82 Å². The van der Waals surface area contributed by atoms with Gasteiger partial charge in [0.2, 0.25) is 5.91 Å². The van der Waals surface area contributed by atoms with Crippen molar-refractivity contribution in [2.45, 2.75) is 38.5 Å². The van der Waals surface area contributed by atoms with Gasteiger partial charge in [-0.25, -0.2) is 4.98 Å². The third-order valence-electron chi connectivity index (χ3n) is 5.31. The number of amides is 1. The van der Waals surface area contributed by atoms with Crippen LogP contribution in [-0.4, -0.2) is 58.0 Å². The van der Waals surface area contributed by atoms with E-state index in [-0.39, 0.29) is 18.2 Å². The molecule has 136 valence electrons. The van der Waals surface area contributed by atoms with E-state index >= 15 is 0 Å². The molecule has 2 aliphatic heterocycles. The third kappa shape index (κ3) is 4.67. The number of hydrogen-bond acceptors (Lipinski definition) is 5. The molecule has 0 aromatic carbocycles. The Morgan fingerprint density at radius 1 is 1.16 bits per heavy atom. The summed E-state index contributed by atoms with van der Waals surface area (Å²) in [6.07, 6.45) is 9.68. The summed E-state index contributed by atoms with van der Waals surface area (Å²) in [5.74, 6) is 0.776. The number of carboxylic acid groups (broad SMARTS) is 1. The lowest BCUT2D eigenvalue weighted by atomic mass is 9.90. The molecule has 3 heterocycles. The van der Waals surface area contributed by atoms with Crippen molar-refractivity contribution in [1.29, 1.82) is 0 Å². The monoisotopic (exact) mass is 346 g/mol. The molecule has 1 aromatic heterocycles. The van der Waals surface area contributed by atoms with Gasteiger partial charge in [-0.05, 0) is 38.0 Å². The molecule has 7 heteroatoms. The molecule has 0 saturated carbocycles. The zero-order valence-corrected chi connectivity index (χ0v) is 14.5. The van der Waals surface area contributed by atoms with E-state index in [0.717, 1.165) is 57.7 Å². The highest BCUT2D eigenvalue weighted by Crippen LogP contribution is 2.26. The van der Waals surface area contributed by atoms with E-state index in [1.807, 2.05) is 4.90 Å².